The third kappa shape index (κ3) is 3.46. The maximum Gasteiger partial charge on any atom is 0.0764 e. The first-order chi connectivity index (χ1) is 12.7. The van der Waals surface area contributed by atoms with Crippen molar-refractivity contribution < 1.29 is 4.74 Å². The van der Waals surface area contributed by atoms with Crippen LogP contribution < -0.4 is 5.32 Å². The van der Waals surface area contributed by atoms with Crippen LogP contribution in [0.25, 0.3) is 16.9 Å². The average Bonchev–Trinajstić information content (AvgIpc) is 3.09. The van der Waals surface area contributed by atoms with Crippen molar-refractivity contribution >= 4 is 5.69 Å². The van der Waals surface area contributed by atoms with Gasteiger partial charge in [0.25, 0.3) is 0 Å². The van der Waals surface area contributed by atoms with Gasteiger partial charge in [-0.1, -0.05) is 13.3 Å². The molecule has 134 valence electrons. The number of aromatic nitrogens is 4. The van der Waals surface area contributed by atoms with Crippen molar-refractivity contribution in [1.29, 1.82) is 0 Å². The third-order valence-electron chi connectivity index (χ3n) is 4.51. The van der Waals surface area contributed by atoms with Gasteiger partial charge >= 0.3 is 0 Å². The van der Waals surface area contributed by atoms with E-state index in [0.717, 1.165) is 59.9 Å². The normalized spacial score (nSPS) is 14.2. The second-order valence-electron chi connectivity index (χ2n) is 6.70. The number of nitrogens with zero attached hydrogens (tertiary/aromatic N) is 4. The molecule has 3 aromatic rings. The highest BCUT2D eigenvalue weighted by Crippen LogP contribution is 2.24. The van der Waals surface area contributed by atoms with Gasteiger partial charge in [-0.25, -0.2) is 4.68 Å². The van der Waals surface area contributed by atoms with Crippen molar-refractivity contribution in [1.82, 2.24) is 19.7 Å². The molecule has 1 saturated heterocycles. The molecule has 6 heteroatoms. The SMILES string of the molecule is CCCc1cc(-n2cc(-c3ncc(NC4COC4)cc3C)cn2)ccn1. The number of nitrogens with one attached hydrogen (secondary N) is 1. The number of ether oxygens (including phenoxy) is 1. The number of hydrogen-bond donors (Lipinski definition) is 1. The molecule has 0 bridgehead atoms. The quantitative estimate of drug-likeness (QED) is 0.739. The van der Waals surface area contributed by atoms with Gasteiger partial charge in [-0.3, -0.25) is 9.97 Å². The van der Waals surface area contributed by atoms with Crippen molar-refractivity contribution in [2.45, 2.75) is 32.7 Å². The van der Waals surface area contributed by atoms with Gasteiger partial charge in [0.2, 0.25) is 0 Å². The van der Waals surface area contributed by atoms with Gasteiger partial charge in [0, 0.05) is 23.7 Å². The molecule has 1 fully saturated rings. The van der Waals surface area contributed by atoms with E-state index < -0.39 is 0 Å². The summed E-state index contributed by atoms with van der Waals surface area (Å²) in [5, 5.41) is 7.95. The largest absolute Gasteiger partial charge is 0.377 e. The number of pyridine rings is 2. The predicted octanol–water partition coefficient (Wildman–Crippen LogP) is 3.40. The van der Waals surface area contributed by atoms with Crippen LogP contribution in [0.5, 0.6) is 0 Å². The Bertz CT molecular complexity index is 901. The number of aryl methyl sites for hydroxylation is 2. The minimum absolute atomic E-state index is 0.397. The van der Waals surface area contributed by atoms with Crippen LogP contribution >= 0.6 is 0 Å². The highest BCUT2D eigenvalue weighted by molar-refractivity contribution is 5.64. The molecule has 0 atom stereocenters. The van der Waals surface area contributed by atoms with Crippen LogP contribution in [-0.2, 0) is 11.2 Å². The maximum atomic E-state index is 5.20. The Kier molecular flexibility index (Phi) is 4.67. The first kappa shape index (κ1) is 16.7. The Morgan fingerprint density at radius 3 is 2.85 bits per heavy atom. The molecule has 1 N–H and O–H groups in total. The Morgan fingerprint density at radius 1 is 1.23 bits per heavy atom. The maximum absolute atomic E-state index is 5.20. The Balaban J connectivity index is 1.56. The van der Waals surface area contributed by atoms with E-state index in [1.54, 1.807) is 0 Å². The molecule has 4 heterocycles. The van der Waals surface area contributed by atoms with Gasteiger partial charge in [-0.05, 0) is 37.1 Å². The Morgan fingerprint density at radius 2 is 2.12 bits per heavy atom. The molecule has 0 aliphatic carbocycles. The highest BCUT2D eigenvalue weighted by atomic mass is 16.5. The minimum atomic E-state index is 0.397. The van der Waals surface area contributed by atoms with E-state index >= 15 is 0 Å². The van der Waals surface area contributed by atoms with Crippen molar-refractivity contribution in [3.63, 3.8) is 0 Å². The van der Waals surface area contributed by atoms with Crippen molar-refractivity contribution in [2.24, 2.45) is 0 Å². The van der Waals surface area contributed by atoms with E-state index in [1.165, 1.54) is 0 Å². The predicted molar refractivity (Wildman–Crippen MR) is 102 cm³/mol. The Labute approximate surface area is 153 Å². The average molecular weight is 349 g/mol. The van der Waals surface area contributed by atoms with Gasteiger partial charge in [0.05, 0.1) is 48.7 Å². The lowest BCUT2D eigenvalue weighted by Crippen LogP contribution is -2.40. The lowest BCUT2D eigenvalue weighted by molar-refractivity contribution is 0.0211. The zero-order chi connectivity index (χ0) is 17.9. The second-order valence-corrected chi connectivity index (χ2v) is 6.70. The summed E-state index contributed by atoms with van der Waals surface area (Å²) < 4.78 is 7.08. The zero-order valence-electron chi connectivity index (χ0n) is 15.1. The smallest absolute Gasteiger partial charge is 0.0764 e. The molecule has 0 amide bonds. The molecule has 26 heavy (non-hydrogen) atoms. The zero-order valence-corrected chi connectivity index (χ0v) is 15.1. The van der Waals surface area contributed by atoms with Crippen molar-refractivity contribution in [3.05, 3.63) is 54.2 Å². The fourth-order valence-corrected chi connectivity index (χ4v) is 3.10. The first-order valence-corrected chi connectivity index (χ1v) is 9.04. The van der Waals surface area contributed by atoms with E-state index in [2.05, 4.69) is 46.4 Å². The molecule has 0 saturated carbocycles. The molecular weight excluding hydrogens is 326 g/mol. The van der Waals surface area contributed by atoms with Gasteiger partial charge < -0.3 is 10.1 Å². The van der Waals surface area contributed by atoms with Crippen LogP contribution in [-0.4, -0.2) is 39.0 Å². The second kappa shape index (κ2) is 7.25. The van der Waals surface area contributed by atoms with E-state index in [-0.39, 0.29) is 0 Å². The summed E-state index contributed by atoms with van der Waals surface area (Å²) in [5.74, 6) is 0. The van der Waals surface area contributed by atoms with Crippen LogP contribution in [0, 0.1) is 6.92 Å². The summed E-state index contributed by atoms with van der Waals surface area (Å²) >= 11 is 0. The summed E-state index contributed by atoms with van der Waals surface area (Å²) in [4.78, 5) is 9.05. The van der Waals surface area contributed by atoms with E-state index in [1.807, 2.05) is 35.5 Å². The van der Waals surface area contributed by atoms with Crippen LogP contribution in [0.1, 0.15) is 24.6 Å². The standard InChI is InChI=1S/C20H23N5O/c1-3-4-16-8-19(5-6-21-16)25-11-15(9-23-25)20-14(2)7-17(10-22-20)24-18-12-26-13-18/h5-11,18,24H,3-4,12-13H2,1-2H3. The molecule has 1 aliphatic rings. The molecule has 3 aromatic heterocycles. The lowest BCUT2D eigenvalue weighted by atomic mass is 10.1. The first-order valence-electron chi connectivity index (χ1n) is 9.04. The summed E-state index contributed by atoms with van der Waals surface area (Å²) in [6.07, 6.45) is 9.66. The summed E-state index contributed by atoms with van der Waals surface area (Å²) in [5.41, 5.74) is 6.23. The minimum Gasteiger partial charge on any atom is -0.377 e. The topological polar surface area (TPSA) is 64.9 Å². The van der Waals surface area contributed by atoms with Crippen molar-refractivity contribution in [3.8, 4) is 16.9 Å². The van der Waals surface area contributed by atoms with Crippen LogP contribution in [0.2, 0.25) is 0 Å². The summed E-state index contributed by atoms with van der Waals surface area (Å²) in [6, 6.07) is 6.59. The van der Waals surface area contributed by atoms with Gasteiger partial charge in [-0.15, -0.1) is 0 Å². The van der Waals surface area contributed by atoms with Gasteiger partial charge in [-0.2, -0.15) is 5.10 Å². The van der Waals surface area contributed by atoms with Crippen LogP contribution in [0.4, 0.5) is 5.69 Å². The molecule has 0 radical (unpaired) electrons. The van der Waals surface area contributed by atoms with E-state index in [9.17, 15) is 0 Å². The number of anilines is 1. The summed E-state index contributed by atoms with van der Waals surface area (Å²) in [6.45, 7) is 5.76. The van der Waals surface area contributed by atoms with Gasteiger partial charge in [0.15, 0.2) is 0 Å². The number of hydrogen-bond acceptors (Lipinski definition) is 5. The van der Waals surface area contributed by atoms with E-state index in [4.69, 9.17) is 4.74 Å². The van der Waals surface area contributed by atoms with Crippen LogP contribution in [0.3, 0.4) is 0 Å². The van der Waals surface area contributed by atoms with Gasteiger partial charge in [0.1, 0.15) is 0 Å². The van der Waals surface area contributed by atoms with E-state index in [0.29, 0.717) is 6.04 Å². The molecule has 0 aromatic carbocycles. The Hall–Kier alpha value is -2.73. The molecule has 6 nitrogen and oxygen atoms in total. The van der Waals surface area contributed by atoms with Crippen LogP contribution in [0.15, 0.2) is 43.0 Å². The fourth-order valence-electron chi connectivity index (χ4n) is 3.10. The molecule has 0 unspecified atom stereocenters. The number of rotatable bonds is 6. The molecule has 1 aliphatic heterocycles. The molecular formula is C20H23N5O. The third-order valence-corrected chi connectivity index (χ3v) is 4.51. The van der Waals surface area contributed by atoms with Crippen molar-refractivity contribution in [2.75, 3.05) is 18.5 Å². The molecule has 4 rings (SSSR count). The highest BCUT2D eigenvalue weighted by Gasteiger charge is 2.18. The fraction of sp³-hybridized carbons (Fsp3) is 0.350. The summed E-state index contributed by atoms with van der Waals surface area (Å²) in [7, 11) is 0. The molecule has 0 spiro atoms. The lowest BCUT2D eigenvalue weighted by Gasteiger charge is -2.27. The monoisotopic (exact) mass is 349 g/mol.